The first kappa shape index (κ1) is 8.83. The molecule has 0 saturated heterocycles. The third-order valence-electron chi connectivity index (χ3n) is 1.73. The Balaban J connectivity index is 3.04. The minimum atomic E-state index is -0.183. The van der Waals surface area contributed by atoms with E-state index in [2.05, 4.69) is 5.43 Å². The molecule has 1 rings (SSSR count). The standard InChI is InChI=1S/C8H12N2O2/c1-5(10-9)7-4-6(11)2-3-8(7)12/h2-5,10-12H,9H2,1H3. The van der Waals surface area contributed by atoms with Crippen molar-refractivity contribution in [2.45, 2.75) is 13.0 Å². The van der Waals surface area contributed by atoms with Crippen LogP contribution in [0.5, 0.6) is 11.5 Å². The van der Waals surface area contributed by atoms with Gasteiger partial charge in [-0.2, -0.15) is 0 Å². The van der Waals surface area contributed by atoms with Crippen LogP contribution in [0.25, 0.3) is 0 Å². The monoisotopic (exact) mass is 168 g/mol. The molecule has 1 aromatic rings. The molecule has 0 saturated carbocycles. The molecule has 0 aromatic heterocycles. The second-order valence-electron chi connectivity index (χ2n) is 2.63. The number of hydrogen-bond donors (Lipinski definition) is 4. The van der Waals surface area contributed by atoms with Crippen molar-refractivity contribution in [2.24, 2.45) is 5.84 Å². The lowest BCUT2D eigenvalue weighted by Crippen LogP contribution is -2.25. The van der Waals surface area contributed by atoms with Crippen molar-refractivity contribution < 1.29 is 10.2 Å². The van der Waals surface area contributed by atoms with Crippen molar-refractivity contribution in [1.82, 2.24) is 5.43 Å². The Hall–Kier alpha value is -1.26. The summed E-state index contributed by atoms with van der Waals surface area (Å²) in [4.78, 5) is 0. The smallest absolute Gasteiger partial charge is 0.120 e. The average molecular weight is 168 g/mol. The number of rotatable bonds is 2. The van der Waals surface area contributed by atoms with Crippen LogP contribution in [0, 0.1) is 0 Å². The van der Waals surface area contributed by atoms with Crippen molar-refractivity contribution >= 4 is 0 Å². The quantitative estimate of drug-likeness (QED) is 0.296. The van der Waals surface area contributed by atoms with Crippen molar-refractivity contribution in [1.29, 1.82) is 0 Å². The Morgan fingerprint density at radius 2 is 2.08 bits per heavy atom. The summed E-state index contributed by atoms with van der Waals surface area (Å²) in [5, 5.41) is 18.4. The van der Waals surface area contributed by atoms with E-state index >= 15 is 0 Å². The summed E-state index contributed by atoms with van der Waals surface area (Å²) in [6, 6.07) is 4.14. The van der Waals surface area contributed by atoms with E-state index in [1.807, 2.05) is 0 Å². The van der Waals surface area contributed by atoms with Gasteiger partial charge in [0.25, 0.3) is 0 Å². The maximum absolute atomic E-state index is 9.33. The van der Waals surface area contributed by atoms with Gasteiger partial charge in [0.05, 0.1) is 0 Å². The third kappa shape index (κ3) is 1.66. The van der Waals surface area contributed by atoms with E-state index in [0.717, 1.165) is 0 Å². The average Bonchev–Trinajstić information content (AvgIpc) is 2.08. The Labute approximate surface area is 70.6 Å². The lowest BCUT2D eigenvalue weighted by atomic mass is 10.1. The van der Waals surface area contributed by atoms with E-state index in [1.165, 1.54) is 18.2 Å². The first-order chi connectivity index (χ1) is 5.65. The summed E-state index contributed by atoms with van der Waals surface area (Å²) in [6.45, 7) is 1.79. The lowest BCUT2D eigenvalue weighted by Gasteiger charge is -2.11. The van der Waals surface area contributed by atoms with Crippen LogP contribution in [0.2, 0.25) is 0 Å². The molecule has 12 heavy (non-hydrogen) atoms. The van der Waals surface area contributed by atoms with Crippen molar-refractivity contribution in [3.63, 3.8) is 0 Å². The molecule has 4 heteroatoms. The van der Waals surface area contributed by atoms with E-state index in [-0.39, 0.29) is 17.5 Å². The van der Waals surface area contributed by atoms with Gasteiger partial charge in [-0.25, -0.2) is 0 Å². The zero-order chi connectivity index (χ0) is 9.14. The number of nitrogens with one attached hydrogen (secondary N) is 1. The van der Waals surface area contributed by atoms with Gasteiger partial charge in [0.1, 0.15) is 11.5 Å². The predicted octanol–water partition coefficient (Wildman–Crippen LogP) is 0.622. The van der Waals surface area contributed by atoms with Crippen LogP contribution in [-0.4, -0.2) is 10.2 Å². The summed E-state index contributed by atoms with van der Waals surface area (Å²) in [5.41, 5.74) is 3.06. The normalized spacial score (nSPS) is 12.8. The van der Waals surface area contributed by atoms with Gasteiger partial charge in [0.2, 0.25) is 0 Å². The number of nitrogens with two attached hydrogens (primary N) is 1. The molecule has 1 atom stereocenters. The number of aromatic hydroxyl groups is 2. The topological polar surface area (TPSA) is 78.5 Å². The van der Waals surface area contributed by atoms with Gasteiger partial charge in [-0.3, -0.25) is 11.3 Å². The van der Waals surface area contributed by atoms with Gasteiger partial charge in [-0.15, -0.1) is 0 Å². The van der Waals surface area contributed by atoms with Gasteiger partial charge in [-0.05, 0) is 25.1 Å². The second kappa shape index (κ2) is 3.42. The number of hydrazine groups is 1. The minimum Gasteiger partial charge on any atom is -0.508 e. The fraction of sp³-hybridized carbons (Fsp3) is 0.250. The summed E-state index contributed by atoms with van der Waals surface area (Å²) in [6.07, 6.45) is 0. The highest BCUT2D eigenvalue weighted by Gasteiger charge is 2.08. The zero-order valence-corrected chi connectivity index (χ0v) is 6.78. The van der Waals surface area contributed by atoms with E-state index < -0.39 is 0 Å². The molecule has 0 radical (unpaired) electrons. The number of phenols is 2. The largest absolute Gasteiger partial charge is 0.508 e. The Kier molecular flexibility index (Phi) is 2.52. The van der Waals surface area contributed by atoms with Crippen LogP contribution >= 0.6 is 0 Å². The fourth-order valence-electron chi connectivity index (χ4n) is 0.979. The zero-order valence-electron chi connectivity index (χ0n) is 6.78. The second-order valence-corrected chi connectivity index (χ2v) is 2.63. The van der Waals surface area contributed by atoms with Crippen molar-refractivity contribution in [3.8, 4) is 11.5 Å². The maximum atomic E-state index is 9.33. The van der Waals surface area contributed by atoms with E-state index in [9.17, 15) is 5.11 Å². The summed E-state index contributed by atoms with van der Waals surface area (Å²) in [5.74, 6) is 5.42. The van der Waals surface area contributed by atoms with Gasteiger partial charge in [0.15, 0.2) is 0 Å². The predicted molar refractivity (Wildman–Crippen MR) is 45.5 cm³/mol. The van der Waals surface area contributed by atoms with Gasteiger partial charge in [0, 0.05) is 11.6 Å². The lowest BCUT2D eigenvalue weighted by molar-refractivity contribution is 0.442. The first-order valence-corrected chi connectivity index (χ1v) is 3.63. The highest BCUT2D eigenvalue weighted by atomic mass is 16.3. The molecule has 4 nitrogen and oxygen atoms in total. The molecule has 5 N–H and O–H groups in total. The number of benzene rings is 1. The first-order valence-electron chi connectivity index (χ1n) is 3.63. The Bertz CT molecular complexity index is 276. The molecule has 0 amide bonds. The molecule has 0 aliphatic rings. The number of hydrogen-bond acceptors (Lipinski definition) is 4. The summed E-state index contributed by atoms with van der Waals surface area (Å²) in [7, 11) is 0. The van der Waals surface area contributed by atoms with Gasteiger partial charge >= 0.3 is 0 Å². The van der Waals surface area contributed by atoms with Crippen LogP contribution < -0.4 is 11.3 Å². The van der Waals surface area contributed by atoms with Crippen LogP contribution in [0.1, 0.15) is 18.5 Å². The SMILES string of the molecule is CC(NN)c1cc(O)ccc1O. The molecule has 0 aliphatic carbocycles. The summed E-state index contributed by atoms with van der Waals surface area (Å²) < 4.78 is 0. The summed E-state index contributed by atoms with van der Waals surface area (Å²) >= 11 is 0. The fourth-order valence-corrected chi connectivity index (χ4v) is 0.979. The van der Waals surface area contributed by atoms with Crippen molar-refractivity contribution in [2.75, 3.05) is 0 Å². The van der Waals surface area contributed by atoms with E-state index in [0.29, 0.717) is 5.56 Å². The highest BCUT2D eigenvalue weighted by molar-refractivity contribution is 5.40. The molecule has 0 bridgehead atoms. The van der Waals surface area contributed by atoms with Gasteiger partial charge in [-0.1, -0.05) is 0 Å². The van der Waals surface area contributed by atoms with Crippen LogP contribution in [0.15, 0.2) is 18.2 Å². The molecule has 0 spiro atoms. The van der Waals surface area contributed by atoms with Crippen LogP contribution in [0.3, 0.4) is 0 Å². The van der Waals surface area contributed by atoms with E-state index in [1.54, 1.807) is 6.92 Å². The van der Waals surface area contributed by atoms with Gasteiger partial charge < -0.3 is 10.2 Å². The Morgan fingerprint density at radius 3 is 2.67 bits per heavy atom. The molecule has 1 aromatic carbocycles. The molecule has 66 valence electrons. The highest BCUT2D eigenvalue weighted by Crippen LogP contribution is 2.26. The Morgan fingerprint density at radius 1 is 1.42 bits per heavy atom. The van der Waals surface area contributed by atoms with E-state index in [4.69, 9.17) is 10.9 Å². The van der Waals surface area contributed by atoms with Crippen molar-refractivity contribution in [3.05, 3.63) is 23.8 Å². The molecular formula is C8H12N2O2. The molecular weight excluding hydrogens is 156 g/mol. The molecule has 1 unspecified atom stereocenters. The third-order valence-corrected chi connectivity index (χ3v) is 1.73. The molecule has 0 aliphatic heterocycles. The minimum absolute atomic E-state index is 0.116. The molecule has 0 heterocycles. The number of phenolic OH excluding ortho intramolecular Hbond substituents is 2. The van der Waals surface area contributed by atoms with Crippen LogP contribution in [-0.2, 0) is 0 Å². The maximum Gasteiger partial charge on any atom is 0.120 e. The van der Waals surface area contributed by atoms with Crippen LogP contribution in [0.4, 0.5) is 0 Å². The molecule has 0 fully saturated rings.